The molecular formula is C22H23F3N6O5S. The minimum atomic E-state index is -4.78. The van der Waals surface area contributed by atoms with Gasteiger partial charge in [-0.05, 0) is 18.2 Å². The highest BCUT2D eigenvalue weighted by atomic mass is 32.1. The smallest absolute Gasteiger partial charge is 0.496 e. The van der Waals surface area contributed by atoms with Crippen LogP contribution in [0.3, 0.4) is 0 Å². The van der Waals surface area contributed by atoms with Crippen LogP contribution in [0.5, 0.6) is 11.5 Å². The number of nitrogens with zero attached hydrogens (tertiary/aromatic N) is 4. The molecule has 0 fully saturated rings. The third-order valence-electron chi connectivity index (χ3n) is 4.86. The SMILES string of the molecule is CNC(=O)N(C)C.COc1cc2c(cc1C(=O)O)nc(Nc1nc3ccc(OC(F)(F)F)cc3s1)n2C. The van der Waals surface area contributed by atoms with Crippen molar-refractivity contribution in [2.45, 2.75) is 6.36 Å². The molecule has 4 rings (SSSR count). The molecule has 4 aromatic rings. The van der Waals surface area contributed by atoms with E-state index in [0.717, 1.165) is 11.3 Å². The van der Waals surface area contributed by atoms with E-state index in [4.69, 9.17) is 4.74 Å². The zero-order valence-electron chi connectivity index (χ0n) is 20.3. The Morgan fingerprint density at radius 1 is 1.14 bits per heavy atom. The lowest BCUT2D eigenvalue weighted by atomic mass is 10.2. The molecule has 0 atom stereocenters. The van der Waals surface area contributed by atoms with Crippen molar-refractivity contribution >= 4 is 55.7 Å². The van der Waals surface area contributed by atoms with Gasteiger partial charge < -0.3 is 34.7 Å². The number of aromatic nitrogens is 3. The summed E-state index contributed by atoms with van der Waals surface area (Å²) in [7, 11) is 8.08. The predicted molar refractivity (Wildman–Crippen MR) is 132 cm³/mol. The molecule has 0 saturated heterocycles. The molecule has 15 heteroatoms. The molecule has 198 valence electrons. The number of anilines is 2. The number of aromatic carboxylic acids is 1. The summed E-state index contributed by atoms with van der Waals surface area (Å²) in [6.07, 6.45) is -4.78. The summed E-state index contributed by atoms with van der Waals surface area (Å²) in [5, 5.41) is 15.2. The maximum atomic E-state index is 12.4. The van der Waals surface area contributed by atoms with Crippen LogP contribution in [-0.2, 0) is 7.05 Å². The second kappa shape index (κ2) is 10.8. The minimum Gasteiger partial charge on any atom is -0.496 e. The first-order chi connectivity index (χ1) is 17.3. The largest absolute Gasteiger partial charge is 0.573 e. The molecule has 37 heavy (non-hydrogen) atoms. The molecule has 0 bridgehead atoms. The number of alkyl halides is 3. The summed E-state index contributed by atoms with van der Waals surface area (Å²) in [4.78, 5) is 31.9. The normalized spacial score (nSPS) is 11.0. The fourth-order valence-electron chi connectivity index (χ4n) is 3.14. The molecule has 0 unspecified atom stereocenters. The van der Waals surface area contributed by atoms with Crippen LogP contribution in [0, 0.1) is 0 Å². The summed E-state index contributed by atoms with van der Waals surface area (Å²) < 4.78 is 48.5. The van der Waals surface area contributed by atoms with Crippen molar-refractivity contribution in [3.05, 3.63) is 35.9 Å². The Hall–Kier alpha value is -4.27. The van der Waals surface area contributed by atoms with E-state index in [9.17, 15) is 27.9 Å². The van der Waals surface area contributed by atoms with Gasteiger partial charge in [0.1, 0.15) is 17.1 Å². The van der Waals surface area contributed by atoms with Crippen LogP contribution in [0.4, 0.5) is 29.0 Å². The van der Waals surface area contributed by atoms with Crippen molar-refractivity contribution in [1.29, 1.82) is 0 Å². The van der Waals surface area contributed by atoms with Crippen molar-refractivity contribution < 1.29 is 37.3 Å². The van der Waals surface area contributed by atoms with E-state index in [1.54, 1.807) is 38.8 Å². The van der Waals surface area contributed by atoms with Crippen molar-refractivity contribution in [2.24, 2.45) is 7.05 Å². The maximum Gasteiger partial charge on any atom is 0.573 e. The number of aryl methyl sites for hydroxylation is 1. The number of imidazole rings is 1. The van der Waals surface area contributed by atoms with Crippen LogP contribution < -0.4 is 20.1 Å². The number of amides is 2. The Kier molecular flexibility index (Phi) is 7.96. The lowest BCUT2D eigenvalue weighted by Crippen LogP contribution is -2.31. The van der Waals surface area contributed by atoms with Crippen molar-refractivity contribution in [3.8, 4) is 11.5 Å². The Bertz CT molecular complexity index is 1450. The van der Waals surface area contributed by atoms with E-state index in [1.165, 1.54) is 36.3 Å². The first-order valence-corrected chi connectivity index (χ1v) is 11.2. The summed E-state index contributed by atoms with van der Waals surface area (Å²) in [6.45, 7) is 0. The second-order valence-electron chi connectivity index (χ2n) is 7.61. The van der Waals surface area contributed by atoms with Gasteiger partial charge in [-0.25, -0.2) is 19.6 Å². The number of carbonyl (C=O) groups excluding carboxylic acids is 1. The number of rotatable bonds is 5. The topological polar surface area (TPSA) is 131 Å². The summed E-state index contributed by atoms with van der Waals surface area (Å²) in [5.74, 6) is -0.902. The number of thiazole rings is 1. The van der Waals surface area contributed by atoms with Crippen LogP contribution in [-0.4, -0.2) is 71.2 Å². The van der Waals surface area contributed by atoms with E-state index in [1.807, 2.05) is 0 Å². The van der Waals surface area contributed by atoms with Gasteiger partial charge >= 0.3 is 18.4 Å². The average molecular weight is 541 g/mol. The summed E-state index contributed by atoms with van der Waals surface area (Å²) in [6, 6.07) is 6.77. The molecule has 0 spiro atoms. The second-order valence-corrected chi connectivity index (χ2v) is 8.64. The Labute approximate surface area is 212 Å². The Morgan fingerprint density at radius 3 is 2.38 bits per heavy atom. The van der Waals surface area contributed by atoms with E-state index in [-0.39, 0.29) is 23.1 Å². The van der Waals surface area contributed by atoms with Crippen LogP contribution in [0.15, 0.2) is 30.3 Å². The highest BCUT2D eigenvalue weighted by molar-refractivity contribution is 7.22. The Balaban J connectivity index is 0.000000479. The standard InChI is InChI=1S/C18H13F3N4O4S.C4H10N2O/c1-25-12-7-13(28-2)9(15(26)27)6-11(12)22-16(25)24-17-23-10-4-3-8(5-14(10)30-17)29-18(19,20)21;1-5-4(7)6(2)3/h3-7H,1-2H3,(H,26,27)(H,22,23,24);1-3H3,(H,5,7). The molecule has 2 heterocycles. The van der Waals surface area contributed by atoms with Gasteiger partial charge in [-0.1, -0.05) is 11.3 Å². The van der Waals surface area contributed by atoms with Gasteiger partial charge in [-0.3, -0.25) is 0 Å². The monoisotopic (exact) mass is 540 g/mol. The van der Waals surface area contributed by atoms with E-state index in [2.05, 4.69) is 25.3 Å². The highest BCUT2D eigenvalue weighted by Crippen LogP contribution is 2.34. The number of ether oxygens (including phenoxy) is 2. The van der Waals surface area contributed by atoms with Gasteiger partial charge in [-0.15, -0.1) is 13.2 Å². The molecule has 0 aliphatic rings. The number of hydrogen-bond acceptors (Lipinski definition) is 8. The highest BCUT2D eigenvalue weighted by Gasteiger charge is 2.31. The fraction of sp³-hybridized carbons (Fsp3) is 0.273. The lowest BCUT2D eigenvalue weighted by Gasteiger charge is -2.07. The molecule has 2 aromatic carbocycles. The number of carbonyl (C=O) groups is 2. The maximum absolute atomic E-state index is 12.4. The molecule has 11 nitrogen and oxygen atoms in total. The Morgan fingerprint density at radius 2 is 1.84 bits per heavy atom. The molecule has 0 aliphatic heterocycles. The number of carboxylic acid groups (broad SMARTS) is 1. The average Bonchev–Trinajstić information content (AvgIpc) is 3.36. The number of fused-ring (bicyclic) bond motifs is 2. The number of carboxylic acids is 1. The molecule has 3 N–H and O–H groups in total. The van der Waals surface area contributed by atoms with Crippen LogP contribution in [0.25, 0.3) is 21.3 Å². The van der Waals surface area contributed by atoms with Gasteiger partial charge in [0.2, 0.25) is 5.95 Å². The van der Waals surface area contributed by atoms with E-state index < -0.39 is 12.3 Å². The van der Waals surface area contributed by atoms with Gasteiger partial charge in [0, 0.05) is 40.3 Å². The van der Waals surface area contributed by atoms with Crippen molar-refractivity contribution in [1.82, 2.24) is 24.8 Å². The van der Waals surface area contributed by atoms with Crippen LogP contribution >= 0.6 is 11.3 Å². The fourth-order valence-corrected chi connectivity index (χ4v) is 4.03. The lowest BCUT2D eigenvalue weighted by molar-refractivity contribution is -0.274. The van der Waals surface area contributed by atoms with Gasteiger partial charge in [0.15, 0.2) is 5.13 Å². The van der Waals surface area contributed by atoms with Crippen LogP contribution in [0.1, 0.15) is 10.4 Å². The first kappa shape index (κ1) is 27.3. The molecular weight excluding hydrogens is 517 g/mol. The zero-order valence-corrected chi connectivity index (χ0v) is 21.1. The van der Waals surface area contributed by atoms with Gasteiger partial charge in [-0.2, -0.15) is 0 Å². The molecule has 2 amide bonds. The number of halogens is 3. The predicted octanol–water partition coefficient (Wildman–Crippen LogP) is 4.42. The summed E-state index contributed by atoms with van der Waals surface area (Å²) >= 11 is 1.12. The molecule has 2 aromatic heterocycles. The molecule has 0 saturated carbocycles. The summed E-state index contributed by atoms with van der Waals surface area (Å²) in [5.41, 5.74) is 1.53. The van der Waals surface area contributed by atoms with Crippen molar-refractivity contribution in [2.75, 3.05) is 33.6 Å². The van der Waals surface area contributed by atoms with E-state index >= 15 is 0 Å². The minimum absolute atomic E-state index is 0.0215. The molecule has 0 radical (unpaired) electrons. The number of benzene rings is 2. The zero-order chi connectivity index (χ0) is 27.5. The van der Waals surface area contributed by atoms with E-state index in [0.29, 0.717) is 32.3 Å². The van der Waals surface area contributed by atoms with Gasteiger partial charge in [0.25, 0.3) is 0 Å². The van der Waals surface area contributed by atoms with Crippen molar-refractivity contribution in [3.63, 3.8) is 0 Å². The third-order valence-corrected chi connectivity index (χ3v) is 5.80. The quantitative estimate of drug-likeness (QED) is 0.339. The third kappa shape index (κ3) is 6.49. The number of nitrogens with one attached hydrogen (secondary N) is 2. The van der Waals surface area contributed by atoms with Gasteiger partial charge in [0.05, 0.1) is 28.4 Å². The number of urea groups is 1. The number of hydrogen-bond donors (Lipinski definition) is 3. The first-order valence-electron chi connectivity index (χ1n) is 10.4. The van der Waals surface area contributed by atoms with Crippen LogP contribution in [0.2, 0.25) is 0 Å². The number of methoxy groups -OCH3 is 1. The molecule has 0 aliphatic carbocycles.